The largest absolute Gasteiger partial charge is 0.394 e. The van der Waals surface area contributed by atoms with E-state index in [1.54, 1.807) is 0 Å². The number of nitrogens with zero attached hydrogens (tertiary/aromatic N) is 4. The third kappa shape index (κ3) is 1.64. The Labute approximate surface area is 106 Å². The van der Waals surface area contributed by atoms with E-state index in [1.165, 1.54) is 18.9 Å². The molecule has 1 saturated heterocycles. The van der Waals surface area contributed by atoms with E-state index in [4.69, 9.17) is 9.84 Å². The molecule has 9 nitrogen and oxygen atoms in total. The van der Waals surface area contributed by atoms with Gasteiger partial charge in [-0.05, 0) is 0 Å². The minimum atomic E-state index is -2.24. The first-order valence-corrected chi connectivity index (χ1v) is 5.58. The molecular formula is C10H12N4O5. The van der Waals surface area contributed by atoms with Gasteiger partial charge in [-0.25, -0.2) is 15.0 Å². The van der Waals surface area contributed by atoms with Crippen molar-refractivity contribution in [2.45, 2.75) is 24.2 Å². The van der Waals surface area contributed by atoms with Crippen LogP contribution in [0.5, 0.6) is 0 Å². The zero-order valence-electron chi connectivity index (χ0n) is 9.66. The van der Waals surface area contributed by atoms with Crippen LogP contribution >= 0.6 is 0 Å². The molecule has 2 aromatic heterocycles. The minimum Gasteiger partial charge on any atom is -0.394 e. The standard InChI is InChI=1S/C10H12N4O5/c15-2-6-7(16)8(17)10(18,19-6)14-4-13-5-1-11-3-12-9(5)14/h1,3-4,6-8,15-18H,2H2/t6-,7-,8-,10?/m1/s1. The van der Waals surface area contributed by atoms with Crippen molar-refractivity contribution in [1.82, 2.24) is 19.5 Å². The summed E-state index contributed by atoms with van der Waals surface area (Å²) in [5, 5.41) is 39.1. The maximum atomic E-state index is 10.4. The molecule has 1 aliphatic rings. The van der Waals surface area contributed by atoms with Crippen molar-refractivity contribution in [3.8, 4) is 0 Å². The van der Waals surface area contributed by atoms with Gasteiger partial charge >= 0.3 is 0 Å². The molecule has 0 amide bonds. The van der Waals surface area contributed by atoms with Gasteiger partial charge in [-0.2, -0.15) is 0 Å². The fraction of sp³-hybridized carbons (Fsp3) is 0.500. The number of aliphatic hydroxyl groups is 4. The molecule has 4 N–H and O–H groups in total. The summed E-state index contributed by atoms with van der Waals surface area (Å²) in [6.45, 7) is -0.540. The molecule has 0 aliphatic carbocycles. The molecule has 102 valence electrons. The van der Waals surface area contributed by atoms with Gasteiger partial charge in [-0.1, -0.05) is 0 Å². The molecule has 0 aromatic carbocycles. The molecule has 3 rings (SSSR count). The Kier molecular flexibility index (Phi) is 2.73. The number of ether oxygens (including phenoxy) is 1. The van der Waals surface area contributed by atoms with Crippen LogP contribution in [-0.2, 0) is 10.6 Å². The van der Waals surface area contributed by atoms with Crippen LogP contribution in [0.3, 0.4) is 0 Å². The summed E-state index contributed by atoms with van der Waals surface area (Å²) in [5.74, 6) is -2.24. The van der Waals surface area contributed by atoms with E-state index in [-0.39, 0.29) is 5.65 Å². The Bertz CT molecular complexity index is 604. The SMILES string of the molecule is OC[C@H]1OC(O)(n2cnc3cncnc32)[C@H](O)[C@@H]1O. The summed E-state index contributed by atoms with van der Waals surface area (Å²) in [5.41, 5.74) is 0.635. The second kappa shape index (κ2) is 4.18. The van der Waals surface area contributed by atoms with Crippen molar-refractivity contribution in [2.75, 3.05) is 6.61 Å². The lowest BCUT2D eigenvalue weighted by molar-refractivity contribution is -0.287. The molecule has 0 bridgehead atoms. The molecule has 19 heavy (non-hydrogen) atoms. The van der Waals surface area contributed by atoms with Crippen LogP contribution in [0.1, 0.15) is 0 Å². The van der Waals surface area contributed by atoms with Gasteiger partial charge in [0.05, 0.1) is 12.8 Å². The van der Waals surface area contributed by atoms with Gasteiger partial charge < -0.3 is 25.2 Å². The molecule has 1 aliphatic heterocycles. The molecule has 4 atom stereocenters. The minimum absolute atomic E-state index is 0.238. The van der Waals surface area contributed by atoms with Crippen LogP contribution < -0.4 is 0 Å². The number of hydrogen-bond donors (Lipinski definition) is 4. The van der Waals surface area contributed by atoms with Gasteiger partial charge in [-0.3, -0.25) is 4.57 Å². The van der Waals surface area contributed by atoms with Gasteiger partial charge in [0.15, 0.2) is 11.8 Å². The van der Waals surface area contributed by atoms with E-state index >= 15 is 0 Å². The molecule has 0 saturated carbocycles. The van der Waals surface area contributed by atoms with Crippen LogP contribution in [-0.4, -0.2) is 64.9 Å². The zero-order valence-corrected chi connectivity index (χ0v) is 9.66. The number of hydrogen-bond acceptors (Lipinski definition) is 8. The van der Waals surface area contributed by atoms with E-state index < -0.39 is 30.8 Å². The number of imidazole rings is 1. The van der Waals surface area contributed by atoms with Crippen LogP contribution in [0.2, 0.25) is 0 Å². The van der Waals surface area contributed by atoms with Crippen molar-refractivity contribution in [3.05, 3.63) is 18.9 Å². The Morgan fingerprint density at radius 3 is 2.84 bits per heavy atom. The van der Waals surface area contributed by atoms with Gasteiger partial charge in [0.2, 0.25) is 0 Å². The summed E-state index contributed by atoms with van der Waals surface area (Å²) < 4.78 is 6.23. The van der Waals surface area contributed by atoms with Crippen LogP contribution in [0.15, 0.2) is 18.9 Å². The predicted molar refractivity (Wildman–Crippen MR) is 59.5 cm³/mol. The van der Waals surface area contributed by atoms with E-state index in [0.29, 0.717) is 5.52 Å². The summed E-state index contributed by atoms with van der Waals surface area (Å²) in [7, 11) is 0. The second-order valence-corrected chi connectivity index (χ2v) is 4.28. The topological polar surface area (TPSA) is 134 Å². The summed E-state index contributed by atoms with van der Waals surface area (Å²) in [6, 6.07) is 0. The number of aliphatic hydroxyl groups excluding tert-OH is 3. The van der Waals surface area contributed by atoms with E-state index in [9.17, 15) is 15.3 Å². The maximum Gasteiger partial charge on any atom is 0.286 e. The first-order chi connectivity index (χ1) is 9.08. The molecule has 1 fully saturated rings. The first kappa shape index (κ1) is 12.4. The third-order valence-corrected chi connectivity index (χ3v) is 3.15. The second-order valence-electron chi connectivity index (χ2n) is 4.28. The van der Waals surface area contributed by atoms with Gasteiger partial charge in [0.25, 0.3) is 5.91 Å². The molecule has 0 spiro atoms. The third-order valence-electron chi connectivity index (χ3n) is 3.15. The highest BCUT2D eigenvalue weighted by Crippen LogP contribution is 2.34. The van der Waals surface area contributed by atoms with Crippen LogP contribution in [0.4, 0.5) is 0 Å². The average molecular weight is 268 g/mol. The zero-order chi connectivity index (χ0) is 13.6. The number of fused-ring (bicyclic) bond motifs is 1. The number of aromatic nitrogens is 4. The Morgan fingerprint density at radius 1 is 1.37 bits per heavy atom. The lowest BCUT2D eigenvalue weighted by Gasteiger charge is -2.27. The molecular weight excluding hydrogens is 256 g/mol. The highest BCUT2D eigenvalue weighted by Gasteiger charge is 2.55. The predicted octanol–water partition coefficient (Wildman–Crippen LogP) is -2.46. The Morgan fingerprint density at radius 2 is 2.16 bits per heavy atom. The fourth-order valence-corrected chi connectivity index (χ4v) is 2.13. The highest BCUT2D eigenvalue weighted by molar-refractivity contribution is 5.69. The monoisotopic (exact) mass is 268 g/mol. The Balaban J connectivity index is 2.10. The van der Waals surface area contributed by atoms with Crippen molar-refractivity contribution in [1.29, 1.82) is 0 Å². The van der Waals surface area contributed by atoms with Crippen LogP contribution in [0.25, 0.3) is 11.2 Å². The molecule has 3 heterocycles. The lowest BCUT2D eigenvalue weighted by atomic mass is 10.1. The van der Waals surface area contributed by atoms with Crippen LogP contribution in [0, 0.1) is 0 Å². The van der Waals surface area contributed by atoms with Crippen molar-refractivity contribution in [2.24, 2.45) is 0 Å². The molecule has 2 aromatic rings. The van der Waals surface area contributed by atoms with E-state index in [2.05, 4.69) is 15.0 Å². The fourth-order valence-electron chi connectivity index (χ4n) is 2.13. The smallest absolute Gasteiger partial charge is 0.286 e. The lowest BCUT2D eigenvalue weighted by Crippen LogP contribution is -2.45. The van der Waals surface area contributed by atoms with Gasteiger partial charge in [0.1, 0.15) is 30.4 Å². The number of rotatable bonds is 2. The van der Waals surface area contributed by atoms with Gasteiger partial charge in [-0.15, -0.1) is 0 Å². The van der Waals surface area contributed by atoms with E-state index in [1.807, 2.05) is 0 Å². The summed E-state index contributed by atoms with van der Waals surface area (Å²) >= 11 is 0. The average Bonchev–Trinajstić information content (AvgIpc) is 2.95. The Hall–Kier alpha value is -1.65. The molecule has 1 unspecified atom stereocenters. The van der Waals surface area contributed by atoms with E-state index in [0.717, 1.165) is 4.57 Å². The van der Waals surface area contributed by atoms with Crippen molar-refractivity contribution in [3.63, 3.8) is 0 Å². The highest BCUT2D eigenvalue weighted by atomic mass is 16.7. The quantitative estimate of drug-likeness (QED) is 0.471. The molecule has 9 heteroatoms. The summed E-state index contributed by atoms with van der Waals surface area (Å²) in [6.07, 6.45) is -0.255. The normalized spacial score (nSPS) is 35.1. The maximum absolute atomic E-state index is 10.4. The first-order valence-electron chi connectivity index (χ1n) is 5.58. The van der Waals surface area contributed by atoms with Gasteiger partial charge in [0, 0.05) is 0 Å². The molecule has 0 radical (unpaired) electrons. The van der Waals surface area contributed by atoms with Crippen molar-refractivity contribution >= 4 is 11.2 Å². The summed E-state index contributed by atoms with van der Waals surface area (Å²) in [4.78, 5) is 11.7. The van der Waals surface area contributed by atoms with Crippen molar-refractivity contribution < 1.29 is 25.2 Å².